The lowest BCUT2D eigenvalue weighted by atomic mass is 9.94. The Morgan fingerprint density at radius 3 is 3.08 bits per heavy atom. The first-order valence-corrected chi connectivity index (χ1v) is 5.15. The molecule has 2 rings (SSSR count). The molecule has 66 valence electrons. The third-order valence-electron chi connectivity index (χ3n) is 2.59. The molecule has 0 aromatic heterocycles. The Morgan fingerprint density at radius 2 is 2.42 bits per heavy atom. The molecule has 0 saturated carbocycles. The fourth-order valence-corrected chi connectivity index (χ4v) is 2.74. The van der Waals surface area contributed by atoms with Crippen LogP contribution in [-0.4, -0.2) is 23.7 Å². The van der Waals surface area contributed by atoms with Gasteiger partial charge in [0.05, 0.1) is 17.1 Å². The van der Waals surface area contributed by atoms with Gasteiger partial charge in [0.25, 0.3) is 0 Å². The lowest BCUT2D eigenvalue weighted by molar-refractivity contribution is 0.0434. The molecule has 4 heteroatoms. The number of nitriles is 1. The van der Waals surface area contributed by atoms with Crippen molar-refractivity contribution in [2.45, 2.75) is 30.0 Å². The fraction of sp³-hybridized carbons (Fsp3) is 0.875. The Bertz CT molecular complexity index is 216. The Hall–Kier alpha value is -0.110. The first-order valence-electron chi connectivity index (χ1n) is 4.24. The van der Waals surface area contributed by atoms with Crippen LogP contribution in [0.25, 0.3) is 0 Å². The number of halogens is 1. The highest BCUT2D eigenvalue weighted by Crippen LogP contribution is 2.35. The summed E-state index contributed by atoms with van der Waals surface area (Å²) in [6.45, 7) is 0.981. The molecule has 3 nitrogen and oxygen atoms in total. The Kier molecular flexibility index (Phi) is 2.35. The minimum atomic E-state index is -0.181. The van der Waals surface area contributed by atoms with Crippen LogP contribution in [0.1, 0.15) is 12.8 Å². The maximum absolute atomic E-state index is 8.69. The van der Waals surface area contributed by atoms with Crippen molar-refractivity contribution in [1.82, 2.24) is 5.32 Å². The summed E-state index contributed by atoms with van der Waals surface area (Å²) in [6.07, 6.45) is 2.01. The van der Waals surface area contributed by atoms with Crippen LogP contribution >= 0.6 is 15.9 Å². The van der Waals surface area contributed by atoms with Gasteiger partial charge in [-0.2, -0.15) is 5.26 Å². The second kappa shape index (κ2) is 3.33. The van der Waals surface area contributed by atoms with Gasteiger partial charge in [0.1, 0.15) is 6.10 Å². The fourth-order valence-electron chi connectivity index (χ4n) is 1.95. The minimum absolute atomic E-state index is 0.181. The van der Waals surface area contributed by atoms with E-state index in [2.05, 4.69) is 27.3 Å². The summed E-state index contributed by atoms with van der Waals surface area (Å²) in [7, 11) is 0. The van der Waals surface area contributed by atoms with Gasteiger partial charge in [-0.15, -0.1) is 0 Å². The lowest BCUT2D eigenvalue weighted by Crippen LogP contribution is -2.42. The molecular weight excluding hydrogens is 220 g/mol. The van der Waals surface area contributed by atoms with Gasteiger partial charge in [-0.05, 0) is 19.4 Å². The SMILES string of the molecule is N#CC1CC2C(Br)NCCC2O1. The van der Waals surface area contributed by atoms with E-state index in [9.17, 15) is 0 Å². The van der Waals surface area contributed by atoms with Crippen LogP contribution in [0.5, 0.6) is 0 Å². The molecule has 2 heterocycles. The molecule has 0 aromatic carbocycles. The van der Waals surface area contributed by atoms with Crippen molar-refractivity contribution in [2.75, 3.05) is 6.54 Å². The smallest absolute Gasteiger partial charge is 0.144 e. The third kappa shape index (κ3) is 1.37. The van der Waals surface area contributed by atoms with Crippen molar-refractivity contribution in [3.05, 3.63) is 0 Å². The van der Waals surface area contributed by atoms with Gasteiger partial charge in [0.15, 0.2) is 0 Å². The number of piperidine rings is 1. The average molecular weight is 231 g/mol. The van der Waals surface area contributed by atoms with Crippen LogP contribution in [0.15, 0.2) is 0 Å². The molecule has 4 unspecified atom stereocenters. The van der Waals surface area contributed by atoms with Gasteiger partial charge in [-0.25, -0.2) is 0 Å². The van der Waals surface area contributed by atoms with Crippen LogP contribution < -0.4 is 5.32 Å². The topological polar surface area (TPSA) is 45.0 Å². The maximum atomic E-state index is 8.69. The van der Waals surface area contributed by atoms with Crippen LogP contribution in [0.4, 0.5) is 0 Å². The normalized spacial score (nSPS) is 46.7. The van der Waals surface area contributed by atoms with E-state index < -0.39 is 0 Å². The highest BCUT2D eigenvalue weighted by Gasteiger charge is 2.41. The van der Waals surface area contributed by atoms with Gasteiger partial charge in [-0.1, -0.05) is 15.9 Å². The van der Waals surface area contributed by atoms with Crippen molar-refractivity contribution < 1.29 is 4.74 Å². The predicted octanol–water partition coefficient (Wildman–Crippen LogP) is 0.998. The van der Waals surface area contributed by atoms with E-state index in [0.29, 0.717) is 17.0 Å². The van der Waals surface area contributed by atoms with Crippen molar-refractivity contribution >= 4 is 15.9 Å². The molecule has 0 radical (unpaired) electrons. The highest BCUT2D eigenvalue weighted by molar-refractivity contribution is 9.09. The molecule has 2 aliphatic heterocycles. The van der Waals surface area contributed by atoms with E-state index in [1.54, 1.807) is 0 Å². The number of rotatable bonds is 0. The zero-order valence-corrected chi connectivity index (χ0v) is 8.25. The summed E-state index contributed by atoms with van der Waals surface area (Å²) in [5.41, 5.74) is 0. The molecule has 0 amide bonds. The first-order chi connectivity index (χ1) is 5.81. The Labute approximate surface area is 80.2 Å². The maximum Gasteiger partial charge on any atom is 0.144 e. The number of hydrogen-bond acceptors (Lipinski definition) is 3. The van der Waals surface area contributed by atoms with E-state index in [1.807, 2.05) is 0 Å². The van der Waals surface area contributed by atoms with Gasteiger partial charge in [-0.3, -0.25) is 0 Å². The number of hydrogen-bond donors (Lipinski definition) is 1. The van der Waals surface area contributed by atoms with E-state index in [-0.39, 0.29) is 6.10 Å². The first kappa shape index (κ1) is 8.49. The zero-order valence-electron chi connectivity index (χ0n) is 6.66. The monoisotopic (exact) mass is 230 g/mol. The van der Waals surface area contributed by atoms with Gasteiger partial charge < -0.3 is 10.1 Å². The van der Waals surface area contributed by atoms with Gasteiger partial charge >= 0.3 is 0 Å². The molecule has 12 heavy (non-hydrogen) atoms. The number of alkyl halides is 1. The molecule has 0 bridgehead atoms. The minimum Gasteiger partial charge on any atom is -0.360 e. The summed E-state index contributed by atoms with van der Waals surface area (Å²) in [6, 6.07) is 2.17. The van der Waals surface area contributed by atoms with Crippen LogP contribution in [0.2, 0.25) is 0 Å². The van der Waals surface area contributed by atoms with Crippen LogP contribution in [-0.2, 0) is 4.74 Å². The molecule has 1 N–H and O–H groups in total. The van der Waals surface area contributed by atoms with Crippen molar-refractivity contribution in [2.24, 2.45) is 5.92 Å². The van der Waals surface area contributed by atoms with E-state index >= 15 is 0 Å². The van der Waals surface area contributed by atoms with Crippen molar-refractivity contribution in [3.63, 3.8) is 0 Å². The lowest BCUT2D eigenvalue weighted by Gasteiger charge is -2.29. The largest absolute Gasteiger partial charge is 0.360 e. The second-order valence-corrected chi connectivity index (χ2v) is 4.32. The van der Waals surface area contributed by atoms with Crippen molar-refractivity contribution in [3.8, 4) is 6.07 Å². The molecular formula is C8H11BrN2O. The van der Waals surface area contributed by atoms with Crippen LogP contribution in [0.3, 0.4) is 0 Å². The Balaban J connectivity index is 2.05. The summed E-state index contributed by atoms with van der Waals surface area (Å²) < 4.78 is 5.55. The number of ether oxygens (including phenoxy) is 1. The molecule has 0 aromatic rings. The van der Waals surface area contributed by atoms with E-state index in [0.717, 1.165) is 19.4 Å². The Morgan fingerprint density at radius 1 is 1.58 bits per heavy atom. The number of fused-ring (bicyclic) bond motifs is 1. The van der Waals surface area contributed by atoms with Crippen molar-refractivity contribution in [1.29, 1.82) is 5.26 Å². The number of nitrogens with one attached hydrogen (secondary N) is 1. The summed E-state index contributed by atoms with van der Waals surface area (Å²) in [4.78, 5) is 0.328. The number of nitrogens with zero attached hydrogens (tertiary/aromatic N) is 1. The van der Waals surface area contributed by atoms with E-state index in [4.69, 9.17) is 10.00 Å². The quantitative estimate of drug-likeness (QED) is 0.499. The highest BCUT2D eigenvalue weighted by atomic mass is 79.9. The predicted molar refractivity (Wildman–Crippen MR) is 47.7 cm³/mol. The zero-order chi connectivity index (χ0) is 8.55. The summed E-state index contributed by atoms with van der Waals surface area (Å²) in [5, 5.41) is 12.0. The standard InChI is InChI=1S/C8H11BrN2O/c9-8-6-3-5(4-10)12-7(6)1-2-11-8/h5-8,11H,1-3H2. The molecule has 4 atom stereocenters. The van der Waals surface area contributed by atoms with Gasteiger partial charge in [0, 0.05) is 5.92 Å². The average Bonchev–Trinajstić information content (AvgIpc) is 2.49. The molecule has 0 aliphatic carbocycles. The van der Waals surface area contributed by atoms with Crippen LogP contribution in [0, 0.1) is 17.2 Å². The summed E-state index contributed by atoms with van der Waals surface area (Å²) >= 11 is 3.55. The second-order valence-electron chi connectivity index (χ2n) is 3.34. The molecule has 2 aliphatic rings. The third-order valence-corrected chi connectivity index (χ3v) is 3.59. The molecule has 2 saturated heterocycles. The summed E-state index contributed by atoms with van der Waals surface area (Å²) in [5.74, 6) is 0.475. The van der Waals surface area contributed by atoms with Gasteiger partial charge in [0.2, 0.25) is 0 Å². The molecule has 0 spiro atoms. The van der Waals surface area contributed by atoms with E-state index in [1.165, 1.54) is 0 Å². The molecule has 2 fully saturated rings.